The third kappa shape index (κ3) is 6.58. The number of para-hydroxylation sites is 1. The van der Waals surface area contributed by atoms with E-state index in [-0.39, 0.29) is 6.54 Å². The Hall–Kier alpha value is -2.35. The zero-order valence-electron chi connectivity index (χ0n) is 13.4. The zero-order valence-corrected chi connectivity index (χ0v) is 14.2. The van der Waals surface area contributed by atoms with E-state index in [0.29, 0.717) is 28.1 Å². The molecule has 0 aliphatic rings. The maximum absolute atomic E-state index is 12.4. The van der Waals surface area contributed by atoms with Gasteiger partial charge in [0.25, 0.3) is 0 Å². The molecular formula is C17H17F3N2O2S. The lowest BCUT2D eigenvalue weighted by Gasteiger charge is -2.13. The predicted octanol–water partition coefficient (Wildman–Crippen LogP) is 4.67. The Bertz CT molecular complexity index is 723. The van der Waals surface area contributed by atoms with Crippen LogP contribution in [0.2, 0.25) is 0 Å². The number of urea groups is 1. The molecule has 8 heteroatoms. The molecule has 0 saturated carbocycles. The SMILES string of the molecule is COc1cccc(CNC(=O)Nc2ccccc2SCC(F)(F)F)c1. The van der Waals surface area contributed by atoms with E-state index in [2.05, 4.69) is 10.6 Å². The Morgan fingerprint density at radius 2 is 1.92 bits per heavy atom. The van der Waals surface area contributed by atoms with Crippen LogP contribution in [0.15, 0.2) is 53.4 Å². The van der Waals surface area contributed by atoms with Crippen LogP contribution in [-0.4, -0.2) is 25.1 Å². The van der Waals surface area contributed by atoms with Crippen molar-refractivity contribution >= 4 is 23.5 Å². The Morgan fingerprint density at radius 1 is 1.16 bits per heavy atom. The van der Waals surface area contributed by atoms with Crippen molar-refractivity contribution in [2.24, 2.45) is 0 Å². The second-order valence-electron chi connectivity index (χ2n) is 5.06. The smallest absolute Gasteiger partial charge is 0.398 e. The molecule has 0 aliphatic heterocycles. The fraction of sp³-hybridized carbons (Fsp3) is 0.235. The summed E-state index contributed by atoms with van der Waals surface area (Å²) in [5.41, 5.74) is 1.18. The van der Waals surface area contributed by atoms with Gasteiger partial charge in [0, 0.05) is 11.4 Å². The van der Waals surface area contributed by atoms with Crippen LogP contribution in [-0.2, 0) is 6.54 Å². The van der Waals surface area contributed by atoms with Crippen molar-refractivity contribution in [3.63, 3.8) is 0 Å². The number of alkyl halides is 3. The van der Waals surface area contributed by atoms with Crippen LogP contribution in [0.25, 0.3) is 0 Å². The van der Waals surface area contributed by atoms with Crippen LogP contribution >= 0.6 is 11.8 Å². The molecule has 134 valence electrons. The van der Waals surface area contributed by atoms with Crippen LogP contribution in [0.5, 0.6) is 5.75 Å². The molecule has 2 rings (SSSR count). The number of anilines is 1. The van der Waals surface area contributed by atoms with Gasteiger partial charge >= 0.3 is 12.2 Å². The van der Waals surface area contributed by atoms with E-state index >= 15 is 0 Å². The number of nitrogens with one attached hydrogen (secondary N) is 2. The first-order valence-electron chi connectivity index (χ1n) is 7.34. The van der Waals surface area contributed by atoms with Crippen LogP contribution in [0, 0.1) is 0 Å². The quantitative estimate of drug-likeness (QED) is 0.727. The highest BCUT2D eigenvalue weighted by Gasteiger charge is 2.27. The average Bonchev–Trinajstić information content (AvgIpc) is 2.59. The molecule has 0 bridgehead atoms. The maximum Gasteiger partial charge on any atom is 0.398 e. The van der Waals surface area contributed by atoms with Crippen molar-refractivity contribution in [1.82, 2.24) is 5.32 Å². The van der Waals surface area contributed by atoms with E-state index in [0.717, 1.165) is 5.56 Å². The van der Waals surface area contributed by atoms with Gasteiger partial charge < -0.3 is 15.4 Å². The lowest BCUT2D eigenvalue weighted by molar-refractivity contribution is -0.105. The van der Waals surface area contributed by atoms with Gasteiger partial charge in [-0.1, -0.05) is 24.3 Å². The van der Waals surface area contributed by atoms with Crippen molar-refractivity contribution in [3.8, 4) is 5.75 Å². The van der Waals surface area contributed by atoms with Crippen molar-refractivity contribution in [2.75, 3.05) is 18.2 Å². The Labute approximate surface area is 147 Å². The molecule has 0 fully saturated rings. The highest BCUT2D eigenvalue weighted by atomic mass is 32.2. The topological polar surface area (TPSA) is 50.4 Å². The Balaban J connectivity index is 1.93. The number of halogens is 3. The standard InChI is InChI=1S/C17H17F3N2O2S/c1-24-13-6-4-5-12(9-13)10-21-16(23)22-14-7-2-3-8-15(14)25-11-17(18,19)20/h2-9H,10-11H2,1H3,(H2,21,22,23). The highest BCUT2D eigenvalue weighted by molar-refractivity contribution is 7.99. The predicted molar refractivity (Wildman–Crippen MR) is 92.1 cm³/mol. The van der Waals surface area contributed by atoms with Crippen molar-refractivity contribution < 1.29 is 22.7 Å². The summed E-state index contributed by atoms with van der Waals surface area (Å²) in [6, 6.07) is 13.1. The average molecular weight is 370 g/mol. The Morgan fingerprint density at radius 3 is 2.64 bits per heavy atom. The van der Waals surface area contributed by atoms with Gasteiger partial charge in [0.2, 0.25) is 0 Å². The van der Waals surface area contributed by atoms with Crippen LogP contribution in [0.3, 0.4) is 0 Å². The molecule has 25 heavy (non-hydrogen) atoms. The second-order valence-corrected chi connectivity index (χ2v) is 6.08. The van der Waals surface area contributed by atoms with Gasteiger partial charge in [-0.2, -0.15) is 13.2 Å². The summed E-state index contributed by atoms with van der Waals surface area (Å²) in [6.07, 6.45) is -4.27. The summed E-state index contributed by atoms with van der Waals surface area (Å²) in [5, 5.41) is 5.24. The van der Waals surface area contributed by atoms with Crippen molar-refractivity contribution in [1.29, 1.82) is 0 Å². The van der Waals surface area contributed by atoms with E-state index in [4.69, 9.17) is 4.74 Å². The number of hydrogen-bond donors (Lipinski definition) is 2. The summed E-state index contributed by atoms with van der Waals surface area (Å²) < 4.78 is 42.2. The third-order valence-electron chi connectivity index (χ3n) is 3.11. The van der Waals surface area contributed by atoms with Crippen LogP contribution in [0.4, 0.5) is 23.7 Å². The zero-order chi connectivity index (χ0) is 18.3. The molecule has 0 aliphatic carbocycles. The Kier molecular flexibility index (Phi) is 6.58. The molecule has 4 nitrogen and oxygen atoms in total. The molecule has 0 spiro atoms. The van der Waals surface area contributed by atoms with Gasteiger partial charge in [-0.3, -0.25) is 0 Å². The monoisotopic (exact) mass is 370 g/mol. The van der Waals surface area contributed by atoms with Gasteiger partial charge in [0.15, 0.2) is 0 Å². The number of methoxy groups -OCH3 is 1. The number of rotatable bonds is 6. The lowest BCUT2D eigenvalue weighted by atomic mass is 10.2. The molecule has 0 aromatic heterocycles. The largest absolute Gasteiger partial charge is 0.497 e. The molecule has 2 aromatic carbocycles. The number of hydrogen-bond acceptors (Lipinski definition) is 3. The van der Waals surface area contributed by atoms with Crippen LogP contribution < -0.4 is 15.4 Å². The first-order valence-corrected chi connectivity index (χ1v) is 8.32. The van der Waals surface area contributed by atoms with Gasteiger partial charge in [0.1, 0.15) is 5.75 Å². The molecule has 2 N–H and O–H groups in total. The number of ether oxygens (including phenoxy) is 1. The molecule has 0 saturated heterocycles. The summed E-state index contributed by atoms with van der Waals surface area (Å²) in [4.78, 5) is 12.4. The van der Waals surface area contributed by atoms with Gasteiger partial charge in [0.05, 0.1) is 18.6 Å². The van der Waals surface area contributed by atoms with E-state index < -0.39 is 18.0 Å². The van der Waals surface area contributed by atoms with Crippen LogP contribution in [0.1, 0.15) is 5.56 Å². The normalized spacial score (nSPS) is 11.0. The summed E-state index contributed by atoms with van der Waals surface area (Å²) >= 11 is 0.631. The van der Waals surface area contributed by atoms with Crippen molar-refractivity contribution in [3.05, 3.63) is 54.1 Å². The molecule has 0 heterocycles. The van der Waals surface area contributed by atoms with E-state index in [9.17, 15) is 18.0 Å². The molecule has 2 amide bonds. The second kappa shape index (κ2) is 8.66. The fourth-order valence-corrected chi connectivity index (χ4v) is 2.76. The molecule has 0 atom stereocenters. The van der Waals surface area contributed by atoms with Crippen molar-refractivity contribution in [2.45, 2.75) is 17.6 Å². The van der Waals surface area contributed by atoms with E-state index in [1.54, 1.807) is 43.5 Å². The number of amides is 2. The van der Waals surface area contributed by atoms with Gasteiger partial charge in [-0.25, -0.2) is 4.79 Å². The maximum atomic E-state index is 12.4. The third-order valence-corrected chi connectivity index (χ3v) is 4.25. The number of carbonyl (C=O) groups excluding carboxylic acids is 1. The first kappa shape index (κ1) is 19.0. The van der Waals surface area contributed by atoms with E-state index in [1.165, 1.54) is 6.07 Å². The van der Waals surface area contributed by atoms with Gasteiger partial charge in [-0.15, -0.1) is 11.8 Å². The summed E-state index contributed by atoms with van der Waals surface area (Å²) in [5.74, 6) is -0.342. The first-order chi connectivity index (χ1) is 11.9. The number of carbonyl (C=O) groups is 1. The minimum atomic E-state index is -4.27. The molecular weight excluding hydrogens is 353 g/mol. The summed E-state index contributed by atoms with van der Waals surface area (Å²) in [6.45, 7) is 0.265. The molecule has 2 aromatic rings. The fourth-order valence-electron chi connectivity index (χ4n) is 1.99. The minimum absolute atomic E-state index is 0.265. The number of benzene rings is 2. The molecule has 0 unspecified atom stereocenters. The number of thioether (sulfide) groups is 1. The van der Waals surface area contributed by atoms with E-state index in [1.807, 2.05) is 6.07 Å². The summed E-state index contributed by atoms with van der Waals surface area (Å²) in [7, 11) is 1.55. The molecule has 0 radical (unpaired) electrons. The highest BCUT2D eigenvalue weighted by Crippen LogP contribution is 2.32. The minimum Gasteiger partial charge on any atom is -0.497 e. The lowest BCUT2D eigenvalue weighted by Crippen LogP contribution is -2.28. The van der Waals surface area contributed by atoms with Gasteiger partial charge in [-0.05, 0) is 29.8 Å².